The van der Waals surface area contributed by atoms with Crippen molar-refractivity contribution in [3.8, 4) is 5.88 Å². The molecule has 1 amide bonds. The van der Waals surface area contributed by atoms with Crippen molar-refractivity contribution in [2.45, 2.75) is 12.8 Å². The standard InChI is InChI=1S/C16H20N2O3/c1-3-15(19)18-14-9-13(16(20-2)17-10-14)7-6-12-5-4-8-21-11-12/h3,6-7,9-10,12H,1,4-5,8,11H2,2H3,(H,18,19)/b7-6+. The van der Waals surface area contributed by atoms with Gasteiger partial charge in [0.05, 0.1) is 25.6 Å². The summed E-state index contributed by atoms with van der Waals surface area (Å²) in [4.78, 5) is 15.5. The molecule has 1 aromatic rings. The van der Waals surface area contributed by atoms with Crippen molar-refractivity contribution in [1.29, 1.82) is 0 Å². The van der Waals surface area contributed by atoms with Crippen molar-refractivity contribution in [2.75, 3.05) is 25.6 Å². The minimum atomic E-state index is -0.266. The van der Waals surface area contributed by atoms with Crippen LogP contribution in [0, 0.1) is 5.92 Å². The molecule has 1 aliphatic heterocycles. The van der Waals surface area contributed by atoms with Crippen LogP contribution in [0.4, 0.5) is 5.69 Å². The number of pyridine rings is 1. The number of methoxy groups -OCH3 is 1. The third-order valence-corrected chi connectivity index (χ3v) is 3.27. The van der Waals surface area contributed by atoms with Crippen molar-refractivity contribution in [3.05, 3.63) is 36.6 Å². The Morgan fingerprint density at radius 2 is 2.48 bits per heavy atom. The summed E-state index contributed by atoms with van der Waals surface area (Å²) in [7, 11) is 1.57. The third kappa shape index (κ3) is 4.43. The fraction of sp³-hybridized carbons (Fsp3) is 0.375. The molecule has 1 aliphatic rings. The lowest BCUT2D eigenvalue weighted by Gasteiger charge is -2.18. The Labute approximate surface area is 124 Å². The Kier molecular flexibility index (Phi) is 5.51. The van der Waals surface area contributed by atoms with E-state index in [0.717, 1.165) is 31.6 Å². The summed E-state index contributed by atoms with van der Waals surface area (Å²) in [6.45, 7) is 5.02. The maximum Gasteiger partial charge on any atom is 0.247 e. The molecule has 2 rings (SSSR count). The van der Waals surface area contributed by atoms with Crippen molar-refractivity contribution >= 4 is 17.7 Å². The van der Waals surface area contributed by atoms with Gasteiger partial charge in [0.25, 0.3) is 0 Å². The Bertz CT molecular complexity index is 534. The van der Waals surface area contributed by atoms with E-state index in [9.17, 15) is 4.79 Å². The number of hydrogen-bond acceptors (Lipinski definition) is 4. The monoisotopic (exact) mass is 288 g/mol. The zero-order chi connectivity index (χ0) is 15.1. The van der Waals surface area contributed by atoms with E-state index < -0.39 is 0 Å². The first kappa shape index (κ1) is 15.3. The maximum absolute atomic E-state index is 11.3. The number of hydrogen-bond donors (Lipinski definition) is 1. The zero-order valence-corrected chi connectivity index (χ0v) is 12.2. The summed E-state index contributed by atoms with van der Waals surface area (Å²) in [6, 6.07) is 1.83. The average Bonchev–Trinajstić information content (AvgIpc) is 2.54. The smallest absolute Gasteiger partial charge is 0.247 e. The van der Waals surface area contributed by atoms with Gasteiger partial charge in [0.1, 0.15) is 0 Å². The summed E-state index contributed by atoms with van der Waals surface area (Å²) in [5.74, 6) is 0.673. The van der Waals surface area contributed by atoms with E-state index in [1.807, 2.05) is 12.1 Å². The highest BCUT2D eigenvalue weighted by atomic mass is 16.5. The maximum atomic E-state index is 11.3. The Morgan fingerprint density at radius 1 is 1.62 bits per heavy atom. The van der Waals surface area contributed by atoms with Crippen LogP contribution < -0.4 is 10.1 Å². The number of ether oxygens (including phenoxy) is 2. The van der Waals surface area contributed by atoms with Gasteiger partial charge in [0.15, 0.2) is 0 Å². The molecule has 1 N–H and O–H groups in total. The van der Waals surface area contributed by atoms with E-state index >= 15 is 0 Å². The van der Waals surface area contributed by atoms with E-state index in [1.54, 1.807) is 13.3 Å². The minimum absolute atomic E-state index is 0.266. The first-order valence-electron chi connectivity index (χ1n) is 6.96. The van der Waals surface area contributed by atoms with Gasteiger partial charge in [-0.15, -0.1) is 0 Å². The summed E-state index contributed by atoms with van der Waals surface area (Å²) in [5, 5.41) is 2.69. The van der Waals surface area contributed by atoms with Crippen LogP contribution in [-0.4, -0.2) is 31.2 Å². The van der Waals surface area contributed by atoms with Gasteiger partial charge >= 0.3 is 0 Å². The second-order valence-corrected chi connectivity index (χ2v) is 4.85. The molecule has 2 heterocycles. The van der Waals surface area contributed by atoms with Gasteiger partial charge in [-0.25, -0.2) is 4.98 Å². The lowest BCUT2D eigenvalue weighted by molar-refractivity contribution is -0.111. The largest absolute Gasteiger partial charge is 0.481 e. The molecule has 0 aliphatic carbocycles. The number of carbonyl (C=O) groups excluding carboxylic acids is 1. The van der Waals surface area contributed by atoms with Crippen LogP contribution in [0.15, 0.2) is 31.0 Å². The summed E-state index contributed by atoms with van der Waals surface area (Å²) < 4.78 is 10.7. The quantitative estimate of drug-likeness (QED) is 0.846. The number of amides is 1. The number of aromatic nitrogens is 1. The molecule has 1 unspecified atom stereocenters. The van der Waals surface area contributed by atoms with E-state index in [2.05, 4.69) is 23.0 Å². The van der Waals surface area contributed by atoms with Gasteiger partial charge in [-0.3, -0.25) is 4.79 Å². The Balaban J connectivity index is 2.14. The van der Waals surface area contributed by atoms with Crippen LogP contribution in [0.3, 0.4) is 0 Å². The van der Waals surface area contributed by atoms with Gasteiger partial charge in [0, 0.05) is 18.1 Å². The van der Waals surface area contributed by atoms with Crippen molar-refractivity contribution < 1.29 is 14.3 Å². The number of nitrogens with one attached hydrogen (secondary N) is 1. The number of nitrogens with zero attached hydrogens (tertiary/aromatic N) is 1. The molecule has 1 atom stereocenters. The average molecular weight is 288 g/mol. The van der Waals surface area contributed by atoms with Crippen molar-refractivity contribution in [3.63, 3.8) is 0 Å². The normalized spacial score (nSPS) is 18.4. The fourth-order valence-electron chi connectivity index (χ4n) is 2.18. The first-order valence-corrected chi connectivity index (χ1v) is 6.96. The topological polar surface area (TPSA) is 60.5 Å². The van der Waals surface area contributed by atoms with Gasteiger partial charge in [-0.1, -0.05) is 18.7 Å². The van der Waals surface area contributed by atoms with E-state index in [1.165, 1.54) is 6.08 Å². The summed E-state index contributed by atoms with van der Waals surface area (Å²) in [5.41, 5.74) is 1.44. The Morgan fingerprint density at radius 3 is 3.14 bits per heavy atom. The Hall–Kier alpha value is -2.14. The van der Waals surface area contributed by atoms with Gasteiger partial charge in [-0.2, -0.15) is 0 Å². The van der Waals surface area contributed by atoms with Gasteiger partial charge in [0.2, 0.25) is 11.8 Å². The lowest BCUT2D eigenvalue weighted by atomic mass is 10.0. The zero-order valence-electron chi connectivity index (χ0n) is 12.2. The van der Waals surface area contributed by atoms with E-state index in [4.69, 9.17) is 9.47 Å². The van der Waals surface area contributed by atoms with Gasteiger partial charge < -0.3 is 14.8 Å². The van der Waals surface area contributed by atoms with Crippen LogP contribution in [0.1, 0.15) is 18.4 Å². The van der Waals surface area contributed by atoms with E-state index in [-0.39, 0.29) is 5.91 Å². The molecule has 5 nitrogen and oxygen atoms in total. The molecule has 5 heteroatoms. The summed E-state index contributed by atoms with van der Waals surface area (Å²) in [6.07, 6.45) is 9.06. The molecule has 1 fully saturated rings. The predicted molar refractivity (Wildman–Crippen MR) is 82.2 cm³/mol. The molecule has 0 bridgehead atoms. The SMILES string of the molecule is C=CC(=O)Nc1cnc(OC)c(/C=C/C2CCCOC2)c1. The molecule has 1 aromatic heterocycles. The minimum Gasteiger partial charge on any atom is -0.481 e. The van der Waals surface area contributed by atoms with Gasteiger partial charge in [-0.05, 0) is 25.0 Å². The number of carbonyl (C=O) groups is 1. The van der Waals surface area contributed by atoms with E-state index in [0.29, 0.717) is 17.5 Å². The highest BCUT2D eigenvalue weighted by molar-refractivity contribution is 5.98. The third-order valence-electron chi connectivity index (χ3n) is 3.27. The van der Waals surface area contributed by atoms with Crippen LogP contribution in [0.5, 0.6) is 5.88 Å². The highest BCUT2D eigenvalue weighted by Crippen LogP contribution is 2.23. The molecule has 0 radical (unpaired) electrons. The van der Waals surface area contributed by atoms with Crippen molar-refractivity contribution in [1.82, 2.24) is 4.98 Å². The van der Waals surface area contributed by atoms with Crippen molar-refractivity contribution in [2.24, 2.45) is 5.92 Å². The van der Waals surface area contributed by atoms with Crippen LogP contribution in [0.2, 0.25) is 0 Å². The fourth-order valence-corrected chi connectivity index (χ4v) is 2.18. The molecular formula is C16H20N2O3. The second kappa shape index (κ2) is 7.59. The molecule has 21 heavy (non-hydrogen) atoms. The molecule has 0 spiro atoms. The molecular weight excluding hydrogens is 268 g/mol. The van der Waals surface area contributed by atoms with Crippen LogP contribution in [0.25, 0.3) is 6.08 Å². The number of rotatable bonds is 5. The molecule has 0 aromatic carbocycles. The van der Waals surface area contributed by atoms with Crippen LogP contribution in [-0.2, 0) is 9.53 Å². The predicted octanol–water partition coefficient (Wildman–Crippen LogP) is 2.65. The first-order chi connectivity index (χ1) is 10.2. The molecule has 0 saturated carbocycles. The lowest BCUT2D eigenvalue weighted by Crippen LogP contribution is -2.14. The summed E-state index contributed by atoms with van der Waals surface area (Å²) >= 11 is 0. The molecule has 112 valence electrons. The highest BCUT2D eigenvalue weighted by Gasteiger charge is 2.11. The number of anilines is 1. The molecule has 1 saturated heterocycles. The second-order valence-electron chi connectivity index (χ2n) is 4.85. The van der Waals surface area contributed by atoms with Crippen LogP contribution >= 0.6 is 0 Å².